The molecule has 1 saturated heterocycles. The average Bonchev–Trinajstić information content (AvgIpc) is 2.59. The van der Waals surface area contributed by atoms with E-state index in [1.165, 1.54) is 16.8 Å². The minimum Gasteiger partial charge on any atom is -0.368 e. The molecule has 2 aromatic carbocycles. The van der Waals surface area contributed by atoms with Gasteiger partial charge in [-0.15, -0.1) is 0 Å². The van der Waals surface area contributed by atoms with Crippen LogP contribution in [-0.2, 0) is 0 Å². The monoisotopic (exact) mass is 359 g/mol. The molecule has 0 saturated carbocycles. The predicted molar refractivity (Wildman–Crippen MR) is 107 cm³/mol. The maximum absolute atomic E-state index is 5.96. The summed E-state index contributed by atoms with van der Waals surface area (Å²) in [6, 6.07) is 14.4. The SMILES string of the molecule is Cc1ccc(C)c(NC(=S)N2CCN(c3ccc(Cl)cc3)CC2)c1. The number of rotatable bonds is 2. The summed E-state index contributed by atoms with van der Waals surface area (Å²) in [6.45, 7) is 7.94. The van der Waals surface area contributed by atoms with Gasteiger partial charge in [-0.2, -0.15) is 0 Å². The summed E-state index contributed by atoms with van der Waals surface area (Å²) < 4.78 is 0. The molecule has 24 heavy (non-hydrogen) atoms. The molecule has 0 aliphatic carbocycles. The molecule has 1 heterocycles. The Morgan fingerprint density at radius 2 is 1.67 bits per heavy atom. The van der Waals surface area contributed by atoms with Gasteiger partial charge in [-0.05, 0) is 67.5 Å². The minimum absolute atomic E-state index is 0.774. The van der Waals surface area contributed by atoms with Crippen molar-refractivity contribution < 1.29 is 0 Å². The number of anilines is 2. The second-order valence-electron chi connectivity index (χ2n) is 6.20. The Hall–Kier alpha value is -1.78. The van der Waals surface area contributed by atoms with Crippen LogP contribution in [0, 0.1) is 13.8 Å². The van der Waals surface area contributed by atoms with E-state index in [1.807, 2.05) is 12.1 Å². The van der Waals surface area contributed by atoms with E-state index < -0.39 is 0 Å². The number of nitrogens with zero attached hydrogens (tertiary/aromatic N) is 2. The normalized spacial score (nSPS) is 14.6. The van der Waals surface area contributed by atoms with E-state index in [0.717, 1.165) is 42.0 Å². The first-order valence-corrected chi connectivity index (χ1v) is 8.95. The Bertz CT molecular complexity index is 722. The Labute approximate surface area is 154 Å². The fraction of sp³-hybridized carbons (Fsp3) is 0.316. The van der Waals surface area contributed by atoms with Crippen molar-refractivity contribution in [3.8, 4) is 0 Å². The summed E-state index contributed by atoms with van der Waals surface area (Å²) in [5.74, 6) is 0. The van der Waals surface area contributed by atoms with Crippen LogP contribution in [-0.4, -0.2) is 36.2 Å². The fourth-order valence-corrected chi connectivity index (χ4v) is 3.30. The number of piperazine rings is 1. The van der Waals surface area contributed by atoms with Crippen LogP contribution in [0.3, 0.4) is 0 Å². The van der Waals surface area contributed by atoms with Crippen molar-refractivity contribution in [2.75, 3.05) is 36.4 Å². The number of aryl methyl sites for hydroxylation is 2. The van der Waals surface area contributed by atoms with E-state index in [2.05, 4.69) is 59.3 Å². The van der Waals surface area contributed by atoms with Gasteiger partial charge in [0.2, 0.25) is 0 Å². The lowest BCUT2D eigenvalue weighted by atomic mass is 10.1. The summed E-state index contributed by atoms with van der Waals surface area (Å²) in [5, 5.41) is 4.98. The van der Waals surface area contributed by atoms with Gasteiger partial charge in [0, 0.05) is 42.6 Å². The summed E-state index contributed by atoms with van der Waals surface area (Å²) in [6.07, 6.45) is 0. The molecule has 1 aliphatic heterocycles. The van der Waals surface area contributed by atoms with Crippen molar-refractivity contribution in [1.29, 1.82) is 0 Å². The summed E-state index contributed by atoms with van der Waals surface area (Å²) in [5.41, 5.74) is 4.76. The molecular formula is C19H22ClN3S. The van der Waals surface area contributed by atoms with Crippen molar-refractivity contribution in [3.63, 3.8) is 0 Å². The van der Waals surface area contributed by atoms with Crippen LogP contribution in [0.1, 0.15) is 11.1 Å². The largest absolute Gasteiger partial charge is 0.368 e. The first-order chi connectivity index (χ1) is 11.5. The minimum atomic E-state index is 0.774. The molecule has 3 rings (SSSR count). The van der Waals surface area contributed by atoms with E-state index in [4.69, 9.17) is 23.8 Å². The van der Waals surface area contributed by atoms with Crippen LogP contribution >= 0.6 is 23.8 Å². The molecule has 5 heteroatoms. The van der Waals surface area contributed by atoms with Gasteiger partial charge in [-0.1, -0.05) is 23.7 Å². The quantitative estimate of drug-likeness (QED) is 0.797. The van der Waals surface area contributed by atoms with E-state index >= 15 is 0 Å². The van der Waals surface area contributed by atoms with Gasteiger partial charge < -0.3 is 15.1 Å². The molecule has 1 N–H and O–H groups in total. The Morgan fingerprint density at radius 3 is 2.33 bits per heavy atom. The van der Waals surface area contributed by atoms with E-state index in [-0.39, 0.29) is 0 Å². The standard InChI is InChI=1S/C19H22ClN3S/c1-14-3-4-15(2)18(13-14)21-19(24)23-11-9-22(10-12-23)17-7-5-16(20)6-8-17/h3-8,13H,9-12H2,1-2H3,(H,21,24). The van der Waals surface area contributed by atoms with Crippen LogP contribution in [0.15, 0.2) is 42.5 Å². The number of nitrogens with one attached hydrogen (secondary N) is 1. The first kappa shape index (κ1) is 17.1. The maximum Gasteiger partial charge on any atom is 0.173 e. The lowest BCUT2D eigenvalue weighted by molar-refractivity contribution is 0.391. The van der Waals surface area contributed by atoms with E-state index in [0.29, 0.717) is 0 Å². The van der Waals surface area contributed by atoms with Crippen LogP contribution in [0.25, 0.3) is 0 Å². The summed E-state index contributed by atoms with van der Waals surface area (Å²) in [7, 11) is 0. The van der Waals surface area contributed by atoms with E-state index in [9.17, 15) is 0 Å². The van der Waals surface area contributed by atoms with Gasteiger partial charge >= 0.3 is 0 Å². The van der Waals surface area contributed by atoms with Gasteiger partial charge in [0.05, 0.1) is 0 Å². The second kappa shape index (κ2) is 7.41. The molecule has 2 aromatic rings. The van der Waals surface area contributed by atoms with Gasteiger partial charge in [-0.25, -0.2) is 0 Å². The number of hydrogen-bond acceptors (Lipinski definition) is 2. The average molecular weight is 360 g/mol. The third-order valence-corrected chi connectivity index (χ3v) is 5.01. The number of halogens is 1. The molecule has 3 nitrogen and oxygen atoms in total. The van der Waals surface area contributed by atoms with Crippen molar-refractivity contribution in [3.05, 3.63) is 58.6 Å². The highest BCUT2D eigenvalue weighted by molar-refractivity contribution is 7.80. The summed E-state index contributed by atoms with van der Waals surface area (Å²) >= 11 is 11.6. The molecule has 0 aromatic heterocycles. The number of thiocarbonyl (C=S) groups is 1. The zero-order valence-corrected chi connectivity index (χ0v) is 15.6. The van der Waals surface area contributed by atoms with Crippen molar-refractivity contribution in [1.82, 2.24) is 4.90 Å². The highest BCUT2D eigenvalue weighted by atomic mass is 35.5. The highest BCUT2D eigenvalue weighted by Crippen LogP contribution is 2.21. The molecule has 1 aliphatic rings. The maximum atomic E-state index is 5.96. The second-order valence-corrected chi connectivity index (χ2v) is 7.02. The van der Waals surface area contributed by atoms with Crippen molar-refractivity contribution in [2.45, 2.75) is 13.8 Å². The molecule has 0 bridgehead atoms. The third kappa shape index (κ3) is 4.00. The van der Waals surface area contributed by atoms with E-state index in [1.54, 1.807) is 0 Å². The molecular weight excluding hydrogens is 338 g/mol. The van der Waals surface area contributed by atoms with Crippen molar-refractivity contribution >= 4 is 40.3 Å². The molecule has 0 atom stereocenters. The van der Waals surface area contributed by atoms with Crippen LogP contribution in [0.5, 0.6) is 0 Å². The summed E-state index contributed by atoms with van der Waals surface area (Å²) in [4.78, 5) is 4.61. The smallest absolute Gasteiger partial charge is 0.173 e. The van der Waals surface area contributed by atoms with Gasteiger partial charge in [0.1, 0.15) is 0 Å². The molecule has 0 radical (unpaired) electrons. The molecule has 0 spiro atoms. The molecule has 0 unspecified atom stereocenters. The number of hydrogen-bond donors (Lipinski definition) is 1. The third-order valence-electron chi connectivity index (χ3n) is 4.39. The molecule has 0 amide bonds. The van der Waals surface area contributed by atoms with Crippen LogP contribution in [0.2, 0.25) is 5.02 Å². The molecule has 126 valence electrons. The zero-order valence-electron chi connectivity index (χ0n) is 14.1. The fourth-order valence-electron chi connectivity index (χ4n) is 2.88. The van der Waals surface area contributed by atoms with Crippen LogP contribution in [0.4, 0.5) is 11.4 Å². The first-order valence-electron chi connectivity index (χ1n) is 8.16. The lowest BCUT2D eigenvalue weighted by Crippen LogP contribution is -2.50. The highest BCUT2D eigenvalue weighted by Gasteiger charge is 2.19. The van der Waals surface area contributed by atoms with Crippen LogP contribution < -0.4 is 10.2 Å². The van der Waals surface area contributed by atoms with Crippen molar-refractivity contribution in [2.24, 2.45) is 0 Å². The zero-order chi connectivity index (χ0) is 17.1. The van der Waals surface area contributed by atoms with Gasteiger partial charge in [-0.3, -0.25) is 0 Å². The molecule has 1 fully saturated rings. The number of benzene rings is 2. The predicted octanol–water partition coefficient (Wildman–Crippen LogP) is 4.48. The van der Waals surface area contributed by atoms with Gasteiger partial charge in [0.25, 0.3) is 0 Å². The lowest BCUT2D eigenvalue weighted by Gasteiger charge is -2.37. The Kier molecular flexibility index (Phi) is 5.27. The topological polar surface area (TPSA) is 18.5 Å². The Balaban J connectivity index is 1.59. The van der Waals surface area contributed by atoms with Gasteiger partial charge in [0.15, 0.2) is 5.11 Å². The Morgan fingerprint density at radius 1 is 1.00 bits per heavy atom.